The molecule has 1 unspecified atom stereocenters. The summed E-state index contributed by atoms with van der Waals surface area (Å²) in [6.45, 7) is 0. The molecule has 3 aromatic rings. The van der Waals surface area contributed by atoms with Crippen molar-refractivity contribution in [3.63, 3.8) is 0 Å². The van der Waals surface area contributed by atoms with Gasteiger partial charge in [0.05, 0.1) is 13.2 Å². The van der Waals surface area contributed by atoms with Gasteiger partial charge in [0.15, 0.2) is 0 Å². The summed E-state index contributed by atoms with van der Waals surface area (Å²) in [6, 6.07) is 19.1. The van der Waals surface area contributed by atoms with Crippen molar-refractivity contribution in [1.82, 2.24) is 4.90 Å². The molecule has 0 radical (unpaired) electrons. The normalized spacial score (nSPS) is 12.3. The van der Waals surface area contributed by atoms with Crippen molar-refractivity contribution in [2.24, 2.45) is 0 Å². The number of phenolic OH excluding ortho intramolecular Hbond substituents is 1. The van der Waals surface area contributed by atoms with Gasteiger partial charge in [0.2, 0.25) is 0 Å². The van der Waals surface area contributed by atoms with E-state index in [4.69, 9.17) is 4.74 Å². The largest absolute Gasteiger partial charge is 0.507 e. The summed E-state index contributed by atoms with van der Waals surface area (Å²) < 4.78 is 4.85. The number of rotatable bonds is 4. The van der Waals surface area contributed by atoms with E-state index in [9.17, 15) is 9.90 Å². The fraction of sp³-hybridized carbons (Fsp3) is 0.190. The number of esters is 1. The van der Waals surface area contributed by atoms with Gasteiger partial charge >= 0.3 is 5.97 Å². The van der Waals surface area contributed by atoms with Crippen molar-refractivity contribution in [2.45, 2.75) is 6.04 Å². The first-order chi connectivity index (χ1) is 12.0. The minimum atomic E-state index is -0.546. The molecule has 4 nitrogen and oxygen atoms in total. The van der Waals surface area contributed by atoms with Crippen LogP contribution in [0.3, 0.4) is 0 Å². The van der Waals surface area contributed by atoms with Gasteiger partial charge in [0.1, 0.15) is 11.3 Å². The zero-order valence-corrected chi connectivity index (χ0v) is 14.6. The molecule has 3 rings (SSSR count). The average molecular weight is 335 g/mol. The molecule has 0 aliphatic carbocycles. The molecular weight excluding hydrogens is 314 g/mol. The second kappa shape index (κ2) is 6.95. The Labute approximate surface area is 147 Å². The van der Waals surface area contributed by atoms with E-state index in [-0.39, 0.29) is 17.4 Å². The summed E-state index contributed by atoms with van der Waals surface area (Å²) >= 11 is 0. The highest BCUT2D eigenvalue weighted by molar-refractivity contribution is 6.00. The van der Waals surface area contributed by atoms with Crippen LogP contribution in [0.1, 0.15) is 27.5 Å². The molecule has 0 spiro atoms. The molecule has 1 N–H and O–H groups in total. The summed E-state index contributed by atoms with van der Waals surface area (Å²) in [7, 11) is 5.23. The van der Waals surface area contributed by atoms with Gasteiger partial charge < -0.3 is 9.84 Å². The van der Waals surface area contributed by atoms with Gasteiger partial charge in [-0.3, -0.25) is 4.90 Å². The molecule has 0 saturated heterocycles. The number of hydrogen-bond donors (Lipinski definition) is 1. The number of fused-ring (bicyclic) bond motifs is 1. The van der Waals surface area contributed by atoms with Crippen molar-refractivity contribution in [3.05, 3.63) is 77.4 Å². The number of methoxy groups -OCH3 is 1. The van der Waals surface area contributed by atoms with E-state index in [1.54, 1.807) is 6.07 Å². The fourth-order valence-corrected chi connectivity index (χ4v) is 3.27. The Kier molecular flexibility index (Phi) is 4.72. The predicted octanol–water partition coefficient (Wildman–Crippen LogP) is 3.98. The molecule has 0 aromatic heterocycles. The van der Waals surface area contributed by atoms with Gasteiger partial charge in [0, 0.05) is 5.56 Å². The van der Waals surface area contributed by atoms with Gasteiger partial charge in [-0.1, -0.05) is 54.6 Å². The molecule has 25 heavy (non-hydrogen) atoms. The first-order valence-corrected chi connectivity index (χ1v) is 8.09. The molecule has 0 heterocycles. The molecule has 0 aliphatic rings. The summed E-state index contributed by atoms with van der Waals surface area (Å²) in [5.74, 6) is -0.580. The molecule has 1 atom stereocenters. The summed E-state index contributed by atoms with van der Waals surface area (Å²) in [5.41, 5.74) is 1.92. The van der Waals surface area contributed by atoms with Crippen molar-refractivity contribution >= 4 is 16.7 Å². The Hall–Kier alpha value is -2.85. The molecule has 4 heteroatoms. The number of benzene rings is 3. The van der Waals surface area contributed by atoms with Gasteiger partial charge in [-0.05, 0) is 36.5 Å². The summed E-state index contributed by atoms with van der Waals surface area (Å²) in [5, 5.41) is 12.7. The third kappa shape index (κ3) is 3.08. The lowest BCUT2D eigenvalue weighted by Crippen LogP contribution is -2.22. The smallest absolute Gasteiger partial charge is 0.341 e. The lowest BCUT2D eigenvalue weighted by Gasteiger charge is -2.28. The Morgan fingerprint density at radius 1 is 1.04 bits per heavy atom. The average Bonchev–Trinajstić information content (AvgIpc) is 2.63. The molecule has 0 saturated carbocycles. The minimum Gasteiger partial charge on any atom is -0.507 e. The van der Waals surface area contributed by atoms with E-state index >= 15 is 0 Å². The highest BCUT2D eigenvalue weighted by atomic mass is 16.5. The van der Waals surface area contributed by atoms with Crippen LogP contribution in [0.15, 0.2) is 60.7 Å². The van der Waals surface area contributed by atoms with Crippen LogP contribution in [0.25, 0.3) is 10.8 Å². The third-order valence-corrected chi connectivity index (χ3v) is 4.37. The second-order valence-corrected chi connectivity index (χ2v) is 6.18. The number of nitrogens with zero attached hydrogens (tertiary/aromatic N) is 1. The Morgan fingerprint density at radius 3 is 2.32 bits per heavy atom. The lowest BCUT2D eigenvalue weighted by molar-refractivity contribution is 0.0597. The van der Waals surface area contributed by atoms with Gasteiger partial charge in [-0.2, -0.15) is 0 Å². The van der Waals surface area contributed by atoms with Crippen LogP contribution < -0.4 is 0 Å². The quantitative estimate of drug-likeness (QED) is 0.733. The first-order valence-electron chi connectivity index (χ1n) is 8.09. The maximum Gasteiger partial charge on any atom is 0.341 e. The Morgan fingerprint density at radius 2 is 1.68 bits per heavy atom. The van der Waals surface area contributed by atoms with Crippen LogP contribution >= 0.6 is 0 Å². The molecule has 128 valence electrons. The zero-order valence-electron chi connectivity index (χ0n) is 14.6. The molecular formula is C21H21NO3. The standard InChI is InChI=1S/C21H21NO3/c1-22(2)19(14-9-5-4-6-10-14)18-16-12-8-7-11-15(16)13-17(20(18)23)21(24)25-3/h4-13,19,23H,1-3H3. The third-order valence-electron chi connectivity index (χ3n) is 4.37. The van der Waals surface area contributed by atoms with E-state index in [2.05, 4.69) is 0 Å². The van der Waals surface area contributed by atoms with E-state index in [1.807, 2.05) is 73.6 Å². The van der Waals surface area contributed by atoms with Crippen LogP contribution in [-0.2, 0) is 4.74 Å². The van der Waals surface area contributed by atoms with Crippen LogP contribution in [0.2, 0.25) is 0 Å². The topological polar surface area (TPSA) is 49.8 Å². The number of phenols is 1. The maximum atomic E-state index is 12.2. The number of carbonyl (C=O) groups is 1. The van der Waals surface area contributed by atoms with Crippen LogP contribution in [-0.4, -0.2) is 37.2 Å². The number of carbonyl (C=O) groups excluding carboxylic acids is 1. The summed E-state index contributed by atoms with van der Waals surface area (Å²) in [6.07, 6.45) is 0. The Balaban J connectivity index is 2.36. The predicted molar refractivity (Wildman–Crippen MR) is 98.9 cm³/mol. The van der Waals surface area contributed by atoms with Gasteiger partial charge in [-0.15, -0.1) is 0 Å². The van der Waals surface area contributed by atoms with Crippen molar-refractivity contribution in [2.75, 3.05) is 21.2 Å². The SMILES string of the molecule is COC(=O)c1cc2ccccc2c(C(c2ccccc2)N(C)C)c1O. The molecule has 0 amide bonds. The first kappa shape index (κ1) is 17.0. The molecule has 3 aromatic carbocycles. The van der Waals surface area contributed by atoms with Crippen molar-refractivity contribution in [3.8, 4) is 5.75 Å². The highest BCUT2D eigenvalue weighted by Gasteiger charge is 2.26. The van der Waals surface area contributed by atoms with E-state index in [0.29, 0.717) is 5.56 Å². The van der Waals surface area contributed by atoms with Crippen molar-refractivity contribution < 1.29 is 14.6 Å². The number of ether oxygens (including phenoxy) is 1. The molecule has 0 bridgehead atoms. The summed E-state index contributed by atoms with van der Waals surface area (Å²) in [4.78, 5) is 14.2. The van der Waals surface area contributed by atoms with Crippen LogP contribution in [0, 0.1) is 0 Å². The van der Waals surface area contributed by atoms with E-state index in [0.717, 1.165) is 16.3 Å². The Bertz CT molecular complexity index is 904. The van der Waals surface area contributed by atoms with E-state index in [1.165, 1.54) is 7.11 Å². The minimum absolute atomic E-state index is 0.0342. The lowest BCUT2D eigenvalue weighted by atomic mass is 9.90. The monoisotopic (exact) mass is 335 g/mol. The van der Waals surface area contributed by atoms with Crippen molar-refractivity contribution in [1.29, 1.82) is 0 Å². The van der Waals surface area contributed by atoms with Gasteiger partial charge in [0.25, 0.3) is 0 Å². The van der Waals surface area contributed by atoms with Crippen LogP contribution in [0.4, 0.5) is 0 Å². The number of aromatic hydroxyl groups is 1. The second-order valence-electron chi connectivity index (χ2n) is 6.18. The molecule has 0 fully saturated rings. The highest BCUT2D eigenvalue weighted by Crippen LogP contribution is 2.40. The molecule has 0 aliphatic heterocycles. The van der Waals surface area contributed by atoms with Crippen LogP contribution in [0.5, 0.6) is 5.75 Å². The maximum absolute atomic E-state index is 12.2. The van der Waals surface area contributed by atoms with Gasteiger partial charge in [-0.25, -0.2) is 4.79 Å². The number of hydrogen-bond acceptors (Lipinski definition) is 4. The van der Waals surface area contributed by atoms with E-state index < -0.39 is 5.97 Å². The zero-order chi connectivity index (χ0) is 18.0. The fourth-order valence-electron chi connectivity index (χ4n) is 3.27.